The van der Waals surface area contributed by atoms with Crippen LogP contribution in [0.15, 0.2) is 12.2 Å². The molecule has 0 radical (unpaired) electrons. The van der Waals surface area contributed by atoms with E-state index in [2.05, 4.69) is 9.47 Å². The third kappa shape index (κ3) is 1.48. The molecule has 0 bridgehead atoms. The van der Waals surface area contributed by atoms with Gasteiger partial charge in [-0.1, -0.05) is 12.2 Å². The fourth-order valence-corrected chi connectivity index (χ4v) is 2.93. The van der Waals surface area contributed by atoms with E-state index in [9.17, 15) is 19.2 Å². The predicted molar refractivity (Wildman–Crippen MR) is 54.5 cm³/mol. The number of fused-ring (bicyclic) bond motifs is 1. The summed E-state index contributed by atoms with van der Waals surface area (Å²) < 4.78 is 9.09. The number of carbonyl (C=O) groups excluding carboxylic acids is 4. The Kier molecular flexibility index (Phi) is 2.33. The number of rotatable bonds is 1. The molecule has 6 heteroatoms. The van der Waals surface area contributed by atoms with E-state index in [0.717, 1.165) is 0 Å². The number of cyclic esters (lactones) is 4. The summed E-state index contributed by atoms with van der Waals surface area (Å²) >= 11 is 0. The summed E-state index contributed by atoms with van der Waals surface area (Å²) in [5.41, 5.74) is 0. The van der Waals surface area contributed by atoms with Gasteiger partial charge in [0.05, 0.1) is 24.2 Å². The highest BCUT2D eigenvalue weighted by molar-refractivity contribution is 5.99. The molecule has 3 unspecified atom stereocenters. The average Bonchev–Trinajstić information content (AvgIpc) is 2.80. The van der Waals surface area contributed by atoms with Crippen LogP contribution in [0.4, 0.5) is 0 Å². The quantitative estimate of drug-likeness (QED) is 0.369. The van der Waals surface area contributed by atoms with Gasteiger partial charge < -0.3 is 9.47 Å². The van der Waals surface area contributed by atoms with Crippen molar-refractivity contribution in [2.75, 3.05) is 0 Å². The summed E-state index contributed by atoms with van der Waals surface area (Å²) in [4.78, 5) is 45.8. The Morgan fingerprint density at radius 1 is 1.00 bits per heavy atom. The van der Waals surface area contributed by atoms with Gasteiger partial charge in [-0.25, -0.2) is 0 Å². The van der Waals surface area contributed by atoms with Crippen molar-refractivity contribution in [2.24, 2.45) is 23.7 Å². The standard InChI is InChI=1S/C12H10O6/c13-8-4-7(11(15)17-8)5-2-1-3-6-9(5)12(16)18-10(6)14/h1,3,5-7,9H,2,4H2/t5-,6?,7?,9?/m0/s1. The first-order chi connectivity index (χ1) is 8.58. The van der Waals surface area contributed by atoms with Gasteiger partial charge >= 0.3 is 23.9 Å². The Bertz CT molecular complexity index is 491. The smallest absolute Gasteiger partial charge is 0.321 e. The van der Waals surface area contributed by atoms with Crippen LogP contribution in [0.25, 0.3) is 0 Å². The van der Waals surface area contributed by atoms with Crippen LogP contribution in [0.1, 0.15) is 12.8 Å². The third-order valence-electron chi connectivity index (χ3n) is 3.77. The van der Waals surface area contributed by atoms with E-state index in [1.165, 1.54) is 0 Å². The summed E-state index contributed by atoms with van der Waals surface area (Å²) in [6.07, 6.45) is 3.83. The van der Waals surface area contributed by atoms with Crippen LogP contribution in [0.2, 0.25) is 0 Å². The van der Waals surface area contributed by atoms with E-state index in [-0.39, 0.29) is 6.42 Å². The molecule has 6 nitrogen and oxygen atoms in total. The fourth-order valence-electron chi connectivity index (χ4n) is 2.93. The molecule has 0 aromatic carbocycles. The Morgan fingerprint density at radius 3 is 2.44 bits per heavy atom. The van der Waals surface area contributed by atoms with Crippen LogP contribution in [0.3, 0.4) is 0 Å². The molecule has 2 aliphatic heterocycles. The van der Waals surface area contributed by atoms with E-state index in [1.807, 2.05) is 0 Å². The highest BCUT2D eigenvalue weighted by Gasteiger charge is 2.53. The SMILES string of the molecule is O=C1CC([C@@H]2CC=CC3C(=O)OC(=O)C32)C(=O)O1. The molecule has 0 amide bonds. The van der Waals surface area contributed by atoms with Gasteiger partial charge in [-0.15, -0.1) is 0 Å². The Labute approximate surface area is 102 Å². The van der Waals surface area contributed by atoms with Gasteiger partial charge in [0.15, 0.2) is 0 Å². The van der Waals surface area contributed by atoms with Crippen molar-refractivity contribution in [3.8, 4) is 0 Å². The van der Waals surface area contributed by atoms with Crippen LogP contribution in [0.5, 0.6) is 0 Å². The minimum Gasteiger partial charge on any atom is -0.393 e. The van der Waals surface area contributed by atoms with Gasteiger partial charge in [-0.05, 0) is 12.3 Å². The molecular weight excluding hydrogens is 240 g/mol. The maximum absolute atomic E-state index is 11.7. The molecule has 0 aromatic heterocycles. The van der Waals surface area contributed by atoms with E-state index in [4.69, 9.17) is 0 Å². The fraction of sp³-hybridized carbons (Fsp3) is 0.500. The van der Waals surface area contributed by atoms with E-state index < -0.39 is 47.5 Å². The molecular formula is C12H10O6. The Morgan fingerprint density at radius 2 is 1.78 bits per heavy atom. The number of ether oxygens (including phenoxy) is 2. The lowest BCUT2D eigenvalue weighted by atomic mass is 9.70. The van der Waals surface area contributed by atoms with Crippen molar-refractivity contribution in [3.05, 3.63) is 12.2 Å². The van der Waals surface area contributed by atoms with Gasteiger partial charge in [-0.3, -0.25) is 19.2 Å². The average molecular weight is 250 g/mol. The number of carbonyl (C=O) groups is 4. The van der Waals surface area contributed by atoms with Crippen molar-refractivity contribution >= 4 is 23.9 Å². The van der Waals surface area contributed by atoms with Crippen molar-refractivity contribution in [1.29, 1.82) is 0 Å². The largest absolute Gasteiger partial charge is 0.393 e. The Balaban J connectivity index is 1.91. The van der Waals surface area contributed by atoms with E-state index >= 15 is 0 Å². The van der Waals surface area contributed by atoms with Crippen molar-refractivity contribution in [1.82, 2.24) is 0 Å². The second-order valence-corrected chi connectivity index (χ2v) is 4.72. The molecule has 3 rings (SSSR count). The van der Waals surface area contributed by atoms with Crippen LogP contribution in [-0.4, -0.2) is 23.9 Å². The van der Waals surface area contributed by atoms with Gasteiger partial charge in [-0.2, -0.15) is 0 Å². The maximum Gasteiger partial charge on any atom is 0.321 e. The summed E-state index contributed by atoms with van der Waals surface area (Å²) in [7, 11) is 0. The normalized spacial score (nSPS) is 38.7. The molecule has 0 spiro atoms. The molecule has 0 saturated carbocycles. The van der Waals surface area contributed by atoms with Gasteiger partial charge in [0.25, 0.3) is 0 Å². The summed E-state index contributed by atoms with van der Waals surface area (Å²) in [6, 6.07) is 0. The second kappa shape index (κ2) is 3.76. The molecule has 94 valence electrons. The van der Waals surface area contributed by atoms with Crippen LogP contribution >= 0.6 is 0 Å². The third-order valence-corrected chi connectivity index (χ3v) is 3.77. The highest BCUT2D eigenvalue weighted by atomic mass is 16.6. The number of hydrogen-bond acceptors (Lipinski definition) is 6. The zero-order valence-corrected chi connectivity index (χ0v) is 9.33. The van der Waals surface area contributed by atoms with Crippen LogP contribution in [0, 0.1) is 23.7 Å². The molecule has 4 atom stereocenters. The first-order valence-corrected chi connectivity index (χ1v) is 5.74. The lowest BCUT2D eigenvalue weighted by Gasteiger charge is -2.27. The summed E-state index contributed by atoms with van der Waals surface area (Å²) in [6.45, 7) is 0. The first kappa shape index (κ1) is 11.1. The van der Waals surface area contributed by atoms with Crippen molar-refractivity contribution < 1.29 is 28.7 Å². The predicted octanol–water partition coefficient (Wildman–Crippen LogP) is -0.0320. The molecule has 2 fully saturated rings. The first-order valence-electron chi connectivity index (χ1n) is 5.74. The topological polar surface area (TPSA) is 86.7 Å². The highest BCUT2D eigenvalue weighted by Crippen LogP contribution is 2.43. The summed E-state index contributed by atoms with van der Waals surface area (Å²) in [5.74, 6) is -4.69. The maximum atomic E-state index is 11.7. The van der Waals surface area contributed by atoms with Crippen molar-refractivity contribution in [2.45, 2.75) is 12.8 Å². The molecule has 1 aliphatic carbocycles. The zero-order valence-electron chi connectivity index (χ0n) is 9.33. The minimum absolute atomic E-state index is 0.0258. The molecule has 0 aromatic rings. The van der Waals surface area contributed by atoms with Crippen LogP contribution < -0.4 is 0 Å². The number of allylic oxidation sites excluding steroid dienone is 1. The van der Waals surface area contributed by atoms with Crippen LogP contribution in [-0.2, 0) is 28.7 Å². The summed E-state index contributed by atoms with van der Waals surface area (Å²) in [5, 5.41) is 0. The molecule has 18 heavy (non-hydrogen) atoms. The molecule has 2 heterocycles. The van der Waals surface area contributed by atoms with E-state index in [1.54, 1.807) is 12.2 Å². The lowest BCUT2D eigenvalue weighted by Crippen LogP contribution is -2.34. The minimum atomic E-state index is -0.661. The lowest BCUT2D eigenvalue weighted by molar-refractivity contribution is -0.154. The van der Waals surface area contributed by atoms with Gasteiger partial charge in [0.2, 0.25) is 0 Å². The molecule has 0 N–H and O–H groups in total. The second-order valence-electron chi connectivity index (χ2n) is 4.72. The monoisotopic (exact) mass is 250 g/mol. The van der Waals surface area contributed by atoms with Gasteiger partial charge in [0.1, 0.15) is 0 Å². The molecule has 3 aliphatic rings. The number of hydrogen-bond donors (Lipinski definition) is 0. The Hall–Kier alpha value is -1.98. The van der Waals surface area contributed by atoms with Gasteiger partial charge in [0, 0.05) is 0 Å². The molecule has 2 saturated heterocycles. The van der Waals surface area contributed by atoms with Crippen molar-refractivity contribution in [3.63, 3.8) is 0 Å². The zero-order chi connectivity index (χ0) is 12.9. The van der Waals surface area contributed by atoms with E-state index in [0.29, 0.717) is 6.42 Å². The number of esters is 4.